The van der Waals surface area contributed by atoms with E-state index < -0.39 is 12.3 Å². The van der Waals surface area contributed by atoms with Gasteiger partial charge in [0.2, 0.25) is 6.10 Å². The minimum Gasteiger partial charge on any atom is -0.476 e. The lowest BCUT2D eigenvalue weighted by Gasteiger charge is -2.24. The summed E-state index contributed by atoms with van der Waals surface area (Å²) < 4.78 is 43.5. The van der Waals surface area contributed by atoms with Crippen LogP contribution in [-0.4, -0.2) is 12.3 Å². The Hall–Kier alpha value is -1.65. The molecule has 1 unspecified atom stereocenters. The lowest BCUT2D eigenvalue weighted by molar-refractivity contribution is -0.180. The van der Waals surface area contributed by atoms with Crippen molar-refractivity contribution in [2.45, 2.75) is 25.1 Å². The number of alkyl halides is 3. The molecule has 0 aliphatic carbocycles. The monoisotopic (exact) mass is 372 g/mol. The molecule has 1 heterocycles. The van der Waals surface area contributed by atoms with Gasteiger partial charge in [-0.15, -0.1) is 0 Å². The van der Waals surface area contributed by atoms with Crippen LogP contribution in [0, 0.1) is 0 Å². The third kappa shape index (κ3) is 3.87. The predicted octanol–water partition coefficient (Wildman–Crippen LogP) is 6.12. The van der Waals surface area contributed by atoms with Crippen molar-refractivity contribution in [3.8, 4) is 5.75 Å². The molecule has 0 radical (unpaired) electrons. The van der Waals surface area contributed by atoms with Crippen molar-refractivity contribution < 1.29 is 17.9 Å². The number of benzene rings is 2. The van der Waals surface area contributed by atoms with Gasteiger partial charge in [-0.3, -0.25) is 0 Å². The van der Waals surface area contributed by atoms with Crippen LogP contribution < -0.4 is 4.74 Å². The van der Waals surface area contributed by atoms with Crippen molar-refractivity contribution in [2.75, 3.05) is 0 Å². The highest BCUT2D eigenvalue weighted by atomic mass is 35.5. The maximum atomic E-state index is 12.8. The molecule has 1 nitrogen and oxygen atoms in total. The number of rotatable bonds is 3. The Morgan fingerprint density at radius 2 is 1.71 bits per heavy atom. The molecule has 0 saturated heterocycles. The van der Waals surface area contributed by atoms with Gasteiger partial charge in [-0.25, -0.2) is 0 Å². The van der Waals surface area contributed by atoms with Crippen LogP contribution in [0.25, 0.3) is 6.08 Å². The van der Waals surface area contributed by atoms with Crippen LogP contribution in [0.3, 0.4) is 0 Å². The Balaban J connectivity index is 1.78. The zero-order valence-electron chi connectivity index (χ0n) is 12.4. The third-order valence-corrected chi connectivity index (χ3v) is 4.41. The van der Waals surface area contributed by atoms with Crippen LogP contribution in [-0.2, 0) is 12.8 Å². The van der Waals surface area contributed by atoms with Crippen LogP contribution in [0.1, 0.15) is 16.7 Å². The molecule has 126 valence electrons. The first-order valence-corrected chi connectivity index (χ1v) is 8.07. The summed E-state index contributed by atoms with van der Waals surface area (Å²) in [5.41, 5.74) is 2.37. The van der Waals surface area contributed by atoms with Gasteiger partial charge in [0, 0.05) is 15.6 Å². The minimum atomic E-state index is -4.43. The number of hydrogen-bond acceptors (Lipinski definition) is 1. The molecule has 24 heavy (non-hydrogen) atoms. The normalized spacial score (nSPS) is 16.6. The van der Waals surface area contributed by atoms with Crippen molar-refractivity contribution >= 4 is 29.3 Å². The number of hydrogen-bond donors (Lipinski definition) is 0. The molecule has 0 aromatic heterocycles. The van der Waals surface area contributed by atoms with Crippen LogP contribution in [0.5, 0.6) is 5.75 Å². The highest BCUT2D eigenvalue weighted by Crippen LogP contribution is 2.36. The van der Waals surface area contributed by atoms with Crippen molar-refractivity contribution in [1.82, 2.24) is 0 Å². The maximum absolute atomic E-state index is 12.8. The third-order valence-electron chi connectivity index (χ3n) is 3.80. The fraction of sp³-hybridized carbons (Fsp3) is 0.222. The summed E-state index contributed by atoms with van der Waals surface area (Å²) in [5, 5.41) is 1.17. The van der Waals surface area contributed by atoms with E-state index in [4.69, 9.17) is 27.9 Å². The Labute approximate surface area is 147 Å². The highest BCUT2D eigenvalue weighted by Gasteiger charge is 2.41. The van der Waals surface area contributed by atoms with Crippen LogP contribution >= 0.6 is 23.2 Å². The van der Waals surface area contributed by atoms with Gasteiger partial charge in [-0.05, 0) is 54.3 Å². The van der Waals surface area contributed by atoms with E-state index in [1.54, 1.807) is 24.3 Å². The molecule has 1 aliphatic heterocycles. The Morgan fingerprint density at radius 1 is 1.00 bits per heavy atom. The molecule has 3 rings (SSSR count). The van der Waals surface area contributed by atoms with E-state index in [-0.39, 0.29) is 5.75 Å². The second-order valence-corrected chi connectivity index (χ2v) is 6.39. The molecule has 0 saturated carbocycles. The fourth-order valence-electron chi connectivity index (χ4n) is 2.51. The van der Waals surface area contributed by atoms with E-state index in [1.165, 1.54) is 6.08 Å². The predicted molar refractivity (Wildman–Crippen MR) is 89.8 cm³/mol. The smallest absolute Gasteiger partial charge is 0.429 e. The molecule has 2 aromatic rings. The largest absolute Gasteiger partial charge is 0.476 e. The summed E-state index contributed by atoms with van der Waals surface area (Å²) >= 11 is 12.1. The molecule has 1 aliphatic rings. The van der Waals surface area contributed by atoms with Crippen molar-refractivity contribution in [2.24, 2.45) is 0 Å². The van der Waals surface area contributed by atoms with Gasteiger partial charge in [0.1, 0.15) is 5.75 Å². The highest BCUT2D eigenvalue weighted by molar-refractivity contribution is 6.31. The summed E-state index contributed by atoms with van der Waals surface area (Å²) in [6, 6.07) is 10.6. The van der Waals surface area contributed by atoms with E-state index in [0.717, 1.165) is 17.2 Å². The van der Waals surface area contributed by atoms with Gasteiger partial charge in [0.25, 0.3) is 0 Å². The van der Waals surface area contributed by atoms with E-state index in [9.17, 15) is 13.2 Å². The van der Waals surface area contributed by atoms with E-state index in [0.29, 0.717) is 28.5 Å². The number of aryl methyl sites for hydroxylation is 2. The van der Waals surface area contributed by atoms with Crippen LogP contribution in [0.15, 0.2) is 42.5 Å². The lowest BCUT2D eigenvalue weighted by atomic mass is 10.0. The number of fused-ring (bicyclic) bond motifs is 1. The average Bonchev–Trinajstić information content (AvgIpc) is 2.53. The Kier molecular flexibility index (Phi) is 4.79. The first kappa shape index (κ1) is 17.2. The number of halogens is 5. The molecule has 6 heteroatoms. The maximum Gasteiger partial charge on any atom is 0.429 e. The van der Waals surface area contributed by atoms with Gasteiger partial charge in [0.15, 0.2) is 0 Å². The molecule has 1 atom stereocenters. The van der Waals surface area contributed by atoms with Crippen LogP contribution in [0.2, 0.25) is 10.0 Å². The summed E-state index contributed by atoms with van der Waals surface area (Å²) in [7, 11) is 0. The Bertz CT molecular complexity index is 767. The molecular formula is C18H13Cl2F3O. The molecule has 2 aromatic carbocycles. The summed E-state index contributed by atoms with van der Waals surface area (Å²) in [4.78, 5) is 0. The molecule has 0 amide bonds. The van der Waals surface area contributed by atoms with Crippen LogP contribution in [0.4, 0.5) is 13.2 Å². The lowest BCUT2D eigenvalue weighted by Crippen LogP contribution is -2.33. The first-order chi connectivity index (χ1) is 11.3. The fourth-order valence-corrected chi connectivity index (χ4v) is 2.90. The van der Waals surface area contributed by atoms with E-state index in [2.05, 4.69) is 0 Å². The van der Waals surface area contributed by atoms with Gasteiger partial charge in [-0.1, -0.05) is 41.4 Å². The first-order valence-electron chi connectivity index (χ1n) is 7.31. The standard InChI is InChI=1S/C18H13Cl2F3O/c19-14-6-2-11(3-7-14)1-4-12-10-16-13(9-15(12)20)5-8-17(24-16)18(21,22)23/h2-3,5-10,17H,1,4H2. The van der Waals surface area contributed by atoms with Gasteiger partial charge < -0.3 is 4.74 Å². The topological polar surface area (TPSA) is 9.23 Å². The zero-order chi connectivity index (χ0) is 17.3. The van der Waals surface area contributed by atoms with Crippen molar-refractivity contribution in [1.29, 1.82) is 0 Å². The average molecular weight is 373 g/mol. The second-order valence-electron chi connectivity index (χ2n) is 5.55. The van der Waals surface area contributed by atoms with Crippen molar-refractivity contribution in [3.63, 3.8) is 0 Å². The molecule has 0 bridgehead atoms. The second kappa shape index (κ2) is 6.69. The Morgan fingerprint density at radius 3 is 2.38 bits per heavy atom. The quantitative estimate of drug-likeness (QED) is 0.630. The van der Waals surface area contributed by atoms with Gasteiger partial charge >= 0.3 is 6.18 Å². The number of ether oxygens (including phenoxy) is 1. The van der Waals surface area contributed by atoms with Crippen molar-refractivity contribution in [3.05, 3.63) is 69.2 Å². The molecule has 0 spiro atoms. The zero-order valence-corrected chi connectivity index (χ0v) is 13.9. The summed E-state index contributed by atoms with van der Waals surface area (Å²) in [6.45, 7) is 0. The van der Waals surface area contributed by atoms with E-state index >= 15 is 0 Å². The van der Waals surface area contributed by atoms with E-state index in [1.807, 2.05) is 12.1 Å². The molecular weight excluding hydrogens is 360 g/mol. The minimum absolute atomic E-state index is 0.204. The molecule has 0 N–H and O–H groups in total. The summed E-state index contributed by atoms with van der Waals surface area (Å²) in [5.74, 6) is 0.204. The SMILES string of the molecule is FC(F)(F)C1C=Cc2cc(Cl)c(CCc3ccc(Cl)cc3)cc2O1. The van der Waals surface area contributed by atoms with Gasteiger partial charge in [0.05, 0.1) is 0 Å². The van der Waals surface area contributed by atoms with Gasteiger partial charge in [-0.2, -0.15) is 13.2 Å². The summed E-state index contributed by atoms with van der Waals surface area (Å²) in [6.07, 6.45) is -2.67. The molecule has 0 fully saturated rings.